The summed E-state index contributed by atoms with van der Waals surface area (Å²) < 4.78 is 0. The lowest BCUT2D eigenvalue weighted by Gasteiger charge is -2.35. The Bertz CT molecular complexity index is 900. The van der Waals surface area contributed by atoms with Gasteiger partial charge in [-0.3, -0.25) is 9.59 Å². The SMILES string of the molecule is CC(C)CC(=O)Nc1ccc(N2CCC(Cc3ccccc3)CC2)c(C(=O)NC(C)C)c1. The fourth-order valence-corrected chi connectivity index (χ4v) is 4.32. The molecule has 0 aromatic heterocycles. The number of anilines is 2. The molecular weight excluding hydrogens is 398 g/mol. The molecule has 0 saturated carbocycles. The summed E-state index contributed by atoms with van der Waals surface area (Å²) in [5.41, 5.74) is 3.64. The monoisotopic (exact) mass is 435 g/mol. The van der Waals surface area contributed by atoms with Gasteiger partial charge in [0.2, 0.25) is 5.91 Å². The first kappa shape index (κ1) is 23.8. The molecule has 1 aliphatic rings. The Kier molecular flexibility index (Phi) is 8.32. The summed E-state index contributed by atoms with van der Waals surface area (Å²) in [4.78, 5) is 27.5. The zero-order chi connectivity index (χ0) is 23.1. The highest BCUT2D eigenvalue weighted by atomic mass is 16.2. The molecule has 0 radical (unpaired) electrons. The van der Waals surface area contributed by atoms with Crippen molar-refractivity contribution < 1.29 is 9.59 Å². The molecular formula is C27H37N3O2. The number of carbonyl (C=O) groups is 2. The summed E-state index contributed by atoms with van der Waals surface area (Å²) in [6, 6.07) is 16.4. The van der Waals surface area contributed by atoms with Crippen LogP contribution in [0.25, 0.3) is 0 Å². The Morgan fingerprint density at radius 3 is 2.31 bits per heavy atom. The van der Waals surface area contributed by atoms with E-state index in [0.29, 0.717) is 23.6 Å². The normalized spacial score (nSPS) is 14.6. The topological polar surface area (TPSA) is 61.4 Å². The van der Waals surface area contributed by atoms with Crippen LogP contribution in [0.2, 0.25) is 0 Å². The number of nitrogens with zero attached hydrogens (tertiary/aromatic N) is 1. The minimum Gasteiger partial charge on any atom is -0.371 e. The second-order valence-electron chi connectivity index (χ2n) is 9.63. The van der Waals surface area contributed by atoms with Crippen molar-refractivity contribution in [3.63, 3.8) is 0 Å². The summed E-state index contributed by atoms with van der Waals surface area (Å²) in [7, 11) is 0. The van der Waals surface area contributed by atoms with Gasteiger partial charge in [-0.25, -0.2) is 0 Å². The maximum Gasteiger partial charge on any atom is 0.253 e. The minimum atomic E-state index is -0.0960. The summed E-state index contributed by atoms with van der Waals surface area (Å²) in [5, 5.41) is 5.96. The lowest BCUT2D eigenvalue weighted by atomic mass is 9.89. The van der Waals surface area contributed by atoms with Crippen molar-refractivity contribution in [3.8, 4) is 0 Å². The molecule has 1 saturated heterocycles. The van der Waals surface area contributed by atoms with Gasteiger partial charge in [0.15, 0.2) is 0 Å². The van der Waals surface area contributed by atoms with E-state index in [1.54, 1.807) is 0 Å². The van der Waals surface area contributed by atoms with Gasteiger partial charge in [-0.1, -0.05) is 44.2 Å². The summed E-state index contributed by atoms with van der Waals surface area (Å²) in [6.45, 7) is 9.82. The first-order valence-electron chi connectivity index (χ1n) is 11.9. The van der Waals surface area contributed by atoms with Crippen molar-refractivity contribution in [3.05, 3.63) is 59.7 Å². The van der Waals surface area contributed by atoms with E-state index in [-0.39, 0.29) is 23.8 Å². The largest absolute Gasteiger partial charge is 0.371 e. The Hall–Kier alpha value is -2.82. The van der Waals surface area contributed by atoms with Gasteiger partial charge in [0.05, 0.1) is 5.56 Å². The molecule has 1 aliphatic heterocycles. The van der Waals surface area contributed by atoms with E-state index < -0.39 is 0 Å². The standard InChI is InChI=1S/C27H37N3O2/c1-19(2)16-26(31)29-23-10-11-25(24(18-23)27(32)28-20(3)4)30-14-12-22(13-15-30)17-21-8-6-5-7-9-21/h5-11,18-20,22H,12-17H2,1-4H3,(H,28,32)(H,29,31). The van der Waals surface area contributed by atoms with E-state index in [1.165, 1.54) is 5.56 Å². The van der Waals surface area contributed by atoms with Gasteiger partial charge in [0.1, 0.15) is 0 Å². The lowest BCUT2D eigenvalue weighted by Crippen LogP contribution is -2.37. The van der Waals surface area contributed by atoms with Crippen molar-refractivity contribution in [2.45, 2.75) is 59.4 Å². The Morgan fingerprint density at radius 1 is 1.00 bits per heavy atom. The van der Waals surface area contributed by atoms with E-state index in [1.807, 2.05) is 45.9 Å². The van der Waals surface area contributed by atoms with E-state index in [4.69, 9.17) is 0 Å². The second kappa shape index (κ2) is 11.2. The summed E-state index contributed by atoms with van der Waals surface area (Å²) >= 11 is 0. The maximum absolute atomic E-state index is 13.0. The molecule has 0 spiro atoms. The summed E-state index contributed by atoms with van der Waals surface area (Å²) in [6.07, 6.45) is 3.78. The molecule has 1 fully saturated rings. The van der Waals surface area contributed by atoms with Crippen molar-refractivity contribution in [2.24, 2.45) is 11.8 Å². The van der Waals surface area contributed by atoms with Crippen molar-refractivity contribution >= 4 is 23.2 Å². The first-order valence-corrected chi connectivity index (χ1v) is 11.9. The molecule has 1 heterocycles. The highest BCUT2D eigenvalue weighted by Gasteiger charge is 2.24. The van der Waals surface area contributed by atoms with Crippen LogP contribution < -0.4 is 15.5 Å². The van der Waals surface area contributed by atoms with E-state index in [9.17, 15) is 9.59 Å². The fraction of sp³-hybridized carbons (Fsp3) is 0.481. The second-order valence-corrected chi connectivity index (χ2v) is 9.63. The highest BCUT2D eigenvalue weighted by Crippen LogP contribution is 2.30. The number of hydrogen-bond donors (Lipinski definition) is 2. The lowest BCUT2D eigenvalue weighted by molar-refractivity contribution is -0.116. The molecule has 0 bridgehead atoms. The van der Waals surface area contributed by atoms with Gasteiger partial charge in [-0.05, 0) is 68.7 Å². The zero-order valence-corrected chi connectivity index (χ0v) is 19.9. The van der Waals surface area contributed by atoms with Crippen molar-refractivity contribution in [2.75, 3.05) is 23.3 Å². The quantitative estimate of drug-likeness (QED) is 0.594. The molecule has 5 nitrogen and oxygen atoms in total. The van der Waals surface area contributed by atoms with Gasteiger partial charge >= 0.3 is 0 Å². The number of piperidine rings is 1. The van der Waals surface area contributed by atoms with Crippen LogP contribution >= 0.6 is 0 Å². The van der Waals surface area contributed by atoms with Crippen LogP contribution in [-0.4, -0.2) is 30.9 Å². The molecule has 3 rings (SSSR count). The third kappa shape index (κ3) is 6.84. The van der Waals surface area contributed by atoms with Gasteiger partial charge in [-0.15, -0.1) is 0 Å². The number of benzene rings is 2. The smallest absolute Gasteiger partial charge is 0.253 e. The fourth-order valence-electron chi connectivity index (χ4n) is 4.32. The number of hydrogen-bond acceptors (Lipinski definition) is 3. The van der Waals surface area contributed by atoms with Crippen LogP contribution in [0.3, 0.4) is 0 Å². The molecule has 172 valence electrons. The third-order valence-corrected chi connectivity index (χ3v) is 5.86. The van der Waals surface area contributed by atoms with E-state index >= 15 is 0 Å². The average Bonchev–Trinajstić information content (AvgIpc) is 2.74. The number of rotatable bonds is 8. The summed E-state index contributed by atoms with van der Waals surface area (Å²) in [5.74, 6) is 0.831. The van der Waals surface area contributed by atoms with Crippen LogP contribution in [-0.2, 0) is 11.2 Å². The molecule has 2 N–H and O–H groups in total. The molecule has 0 unspecified atom stereocenters. The molecule has 2 amide bonds. The number of amides is 2. The molecule has 0 aliphatic carbocycles. The molecule has 2 aromatic rings. The molecule has 0 atom stereocenters. The predicted octanol–water partition coefficient (Wildman–Crippen LogP) is 5.27. The van der Waals surface area contributed by atoms with Crippen LogP contribution in [0.5, 0.6) is 0 Å². The Balaban J connectivity index is 1.73. The van der Waals surface area contributed by atoms with E-state index in [0.717, 1.165) is 38.0 Å². The number of carbonyl (C=O) groups excluding carboxylic acids is 2. The molecule has 32 heavy (non-hydrogen) atoms. The van der Waals surface area contributed by atoms with Crippen LogP contribution in [0.15, 0.2) is 48.5 Å². The van der Waals surface area contributed by atoms with E-state index in [2.05, 4.69) is 45.9 Å². The first-order chi connectivity index (χ1) is 15.3. The highest BCUT2D eigenvalue weighted by molar-refractivity contribution is 6.02. The minimum absolute atomic E-state index is 0.0234. The van der Waals surface area contributed by atoms with Gasteiger partial charge in [0.25, 0.3) is 5.91 Å². The van der Waals surface area contributed by atoms with Crippen molar-refractivity contribution in [1.82, 2.24) is 5.32 Å². The maximum atomic E-state index is 13.0. The molecule has 2 aromatic carbocycles. The molecule has 5 heteroatoms. The van der Waals surface area contributed by atoms with Gasteiger partial charge < -0.3 is 15.5 Å². The van der Waals surface area contributed by atoms with Gasteiger partial charge in [-0.2, -0.15) is 0 Å². The predicted molar refractivity (Wildman–Crippen MR) is 132 cm³/mol. The van der Waals surface area contributed by atoms with Crippen LogP contribution in [0, 0.1) is 11.8 Å². The van der Waals surface area contributed by atoms with Gasteiger partial charge in [0, 0.05) is 36.9 Å². The Morgan fingerprint density at radius 2 is 1.69 bits per heavy atom. The van der Waals surface area contributed by atoms with Crippen LogP contribution in [0.4, 0.5) is 11.4 Å². The number of nitrogens with one attached hydrogen (secondary N) is 2. The average molecular weight is 436 g/mol. The van der Waals surface area contributed by atoms with Crippen LogP contribution in [0.1, 0.15) is 62.9 Å². The van der Waals surface area contributed by atoms with Crippen molar-refractivity contribution in [1.29, 1.82) is 0 Å². The Labute approximate surface area is 192 Å². The third-order valence-electron chi connectivity index (χ3n) is 5.86. The zero-order valence-electron chi connectivity index (χ0n) is 19.9.